The van der Waals surface area contributed by atoms with E-state index in [1.54, 1.807) is 13.3 Å². The van der Waals surface area contributed by atoms with Gasteiger partial charge in [-0.3, -0.25) is 4.68 Å². The summed E-state index contributed by atoms with van der Waals surface area (Å²) in [5.74, 6) is 0.884. The molecule has 0 spiro atoms. The lowest BCUT2D eigenvalue weighted by Crippen LogP contribution is -2.05. The number of hydrogen-bond acceptors (Lipinski definition) is 2. The van der Waals surface area contributed by atoms with E-state index in [1.165, 1.54) is 11.3 Å². The molecule has 0 N–H and O–H groups in total. The highest BCUT2D eigenvalue weighted by molar-refractivity contribution is 9.09. The van der Waals surface area contributed by atoms with Crippen LogP contribution < -0.4 is 4.74 Å². The maximum atomic E-state index is 5.37. The molecule has 0 radical (unpaired) electrons. The maximum Gasteiger partial charge on any atom is 0.159 e. The van der Waals surface area contributed by atoms with E-state index in [0.717, 1.165) is 25.1 Å². The lowest BCUT2D eigenvalue weighted by molar-refractivity contribution is 0.406. The summed E-state index contributed by atoms with van der Waals surface area (Å²) in [7, 11) is 1.70. The minimum Gasteiger partial charge on any atom is -0.493 e. The van der Waals surface area contributed by atoms with Crippen LogP contribution in [0.4, 0.5) is 0 Å². The molecule has 1 unspecified atom stereocenters. The summed E-state index contributed by atoms with van der Waals surface area (Å²) in [5, 5.41) is 4.33. The second-order valence-corrected chi connectivity index (χ2v) is 5.50. The summed E-state index contributed by atoms with van der Waals surface area (Å²) in [6.45, 7) is 2.97. The molecule has 0 saturated carbocycles. The van der Waals surface area contributed by atoms with Gasteiger partial charge in [0.05, 0.1) is 19.0 Å². The molecule has 3 nitrogen and oxygen atoms in total. The van der Waals surface area contributed by atoms with E-state index < -0.39 is 0 Å². The van der Waals surface area contributed by atoms with Crippen LogP contribution in [-0.4, -0.2) is 16.9 Å². The summed E-state index contributed by atoms with van der Waals surface area (Å²) in [6.07, 6.45) is 3.76. The van der Waals surface area contributed by atoms with Crippen molar-refractivity contribution in [3.63, 3.8) is 0 Å². The van der Waals surface area contributed by atoms with Crippen LogP contribution in [0.2, 0.25) is 0 Å². The van der Waals surface area contributed by atoms with Crippen LogP contribution in [0.3, 0.4) is 0 Å². The molecule has 0 fully saturated rings. The van der Waals surface area contributed by atoms with Crippen LogP contribution in [-0.2, 0) is 13.0 Å². The van der Waals surface area contributed by atoms with Crippen LogP contribution in [0.1, 0.15) is 29.4 Å². The average Bonchev–Trinajstić information content (AvgIpc) is 2.87. The summed E-state index contributed by atoms with van der Waals surface area (Å²) in [5.41, 5.74) is 2.48. The third-order valence-corrected chi connectivity index (χ3v) is 4.21. The van der Waals surface area contributed by atoms with Crippen molar-refractivity contribution in [2.75, 3.05) is 7.11 Å². The first-order chi connectivity index (χ1) is 9.26. The molecule has 19 heavy (non-hydrogen) atoms. The molecule has 102 valence electrons. The molecule has 0 saturated heterocycles. The van der Waals surface area contributed by atoms with Gasteiger partial charge in [-0.15, -0.1) is 0 Å². The number of ether oxygens (including phenoxy) is 1. The molecule has 0 amide bonds. The molecule has 1 atom stereocenters. The van der Waals surface area contributed by atoms with Gasteiger partial charge >= 0.3 is 0 Å². The molecular formula is C15H19BrN2O. The summed E-state index contributed by atoms with van der Waals surface area (Å²) < 4.78 is 7.37. The third kappa shape index (κ3) is 3.38. The molecule has 0 bridgehead atoms. The van der Waals surface area contributed by atoms with Gasteiger partial charge in [0.2, 0.25) is 0 Å². The van der Waals surface area contributed by atoms with Crippen LogP contribution in [0.5, 0.6) is 5.75 Å². The smallest absolute Gasteiger partial charge is 0.159 e. The van der Waals surface area contributed by atoms with E-state index in [2.05, 4.69) is 52.2 Å². The Morgan fingerprint density at radius 2 is 2.05 bits per heavy atom. The summed E-state index contributed by atoms with van der Waals surface area (Å²) >= 11 is 3.75. The number of aryl methyl sites for hydroxylation is 1. The van der Waals surface area contributed by atoms with E-state index >= 15 is 0 Å². The van der Waals surface area contributed by atoms with Gasteiger partial charge in [-0.05, 0) is 25.3 Å². The van der Waals surface area contributed by atoms with E-state index in [-0.39, 0.29) is 0 Å². The third-order valence-electron chi connectivity index (χ3n) is 3.23. The quantitative estimate of drug-likeness (QED) is 0.752. The van der Waals surface area contributed by atoms with Gasteiger partial charge < -0.3 is 4.74 Å². The minimum atomic E-state index is 0.360. The predicted octanol–water partition coefficient (Wildman–Crippen LogP) is 3.98. The molecule has 0 aliphatic heterocycles. The zero-order valence-electron chi connectivity index (χ0n) is 11.3. The Labute approximate surface area is 122 Å². The van der Waals surface area contributed by atoms with Crippen molar-refractivity contribution in [3.05, 3.63) is 47.8 Å². The van der Waals surface area contributed by atoms with E-state index in [4.69, 9.17) is 4.74 Å². The van der Waals surface area contributed by atoms with Crippen molar-refractivity contribution in [1.29, 1.82) is 0 Å². The fourth-order valence-electron chi connectivity index (χ4n) is 2.18. The minimum absolute atomic E-state index is 0.360. The SMILES string of the molecule is CCn1ncc(OC)c1CCC(Br)c1ccccc1. The highest BCUT2D eigenvalue weighted by Crippen LogP contribution is 2.29. The Morgan fingerprint density at radius 3 is 2.68 bits per heavy atom. The van der Waals surface area contributed by atoms with E-state index in [0.29, 0.717) is 4.83 Å². The molecule has 1 aromatic heterocycles. The van der Waals surface area contributed by atoms with Gasteiger partial charge in [-0.25, -0.2) is 0 Å². The Kier molecular flexibility index (Phi) is 5.02. The number of rotatable bonds is 6. The van der Waals surface area contributed by atoms with E-state index in [9.17, 15) is 0 Å². The second-order valence-electron chi connectivity index (χ2n) is 4.39. The van der Waals surface area contributed by atoms with Crippen LogP contribution in [0, 0.1) is 0 Å². The molecule has 1 heterocycles. The van der Waals surface area contributed by atoms with Crippen molar-refractivity contribution in [3.8, 4) is 5.75 Å². The Balaban J connectivity index is 2.04. The first kappa shape index (κ1) is 14.1. The first-order valence-corrected chi connectivity index (χ1v) is 7.45. The Hall–Kier alpha value is -1.29. The number of alkyl halides is 1. The number of halogens is 1. The lowest BCUT2D eigenvalue weighted by Gasteiger charge is -2.12. The zero-order valence-corrected chi connectivity index (χ0v) is 12.9. The molecule has 0 aliphatic carbocycles. The van der Waals surface area contributed by atoms with Crippen molar-refractivity contribution in [2.24, 2.45) is 0 Å². The van der Waals surface area contributed by atoms with Gasteiger partial charge in [-0.2, -0.15) is 5.10 Å². The highest BCUT2D eigenvalue weighted by atomic mass is 79.9. The number of nitrogens with zero attached hydrogens (tertiary/aromatic N) is 2. The monoisotopic (exact) mass is 322 g/mol. The van der Waals surface area contributed by atoms with Gasteiger partial charge in [-0.1, -0.05) is 46.3 Å². The number of methoxy groups -OCH3 is 1. The van der Waals surface area contributed by atoms with Crippen molar-refractivity contribution in [1.82, 2.24) is 9.78 Å². The maximum absolute atomic E-state index is 5.37. The van der Waals surface area contributed by atoms with E-state index in [1.807, 2.05) is 10.7 Å². The number of hydrogen-bond donors (Lipinski definition) is 0. The topological polar surface area (TPSA) is 27.1 Å². The van der Waals surface area contributed by atoms with Crippen molar-refractivity contribution in [2.45, 2.75) is 31.1 Å². The number of benzene rings is 1. The van der Waals surface area contributed by atoms with Gasteiger partial charge in [0.1, 0.15) is 0 Å². The summed E-state index contributed by atoms with van der Waals surface area (Å²) in [4.78, 5) is 0.360. The zero-order chi connectivity index (χ0) is 13.7. The molecule has 2 rings (SSSR count). The van der Waals surface area contributed by atoms with Crippen LogP contribution >= 0.6 is 15.9 Å². The van der Waals surface area contributed by atoms with Gasteiger partial charge in [0.25, 0.3) is 0 Å². The fourth-order valence-corrected chi connectivity index (χ4v) is 2.71. The normalized spacial score (nSPS) is 12.4. The van der Waals surface area contributed by atoms with Crippen molar-refractivity contribution < 1.29 is 4.74 Å². The average molecular weight is 323 g/mol. The molecule has 2 aromatic rings. The fraction of sp³-hybridized carbons (Fsp3) is 0.400. The molecular weight excluding hydrogens is 304 g/mol. The Morgan fingerprint density at radius 1 is 1.32 bits per heavy atom. The second kappa shape index (κ2) is 6.75. The van der Waals surface area contributed by atoms with Gasteiger partial charge in [0, 0.05) is 11.4 Å². The highest BCUT2D eigenvalue weighted by Gasteiger charge is 2.13. The molecule has 4 heteroatoms. The summed E-state index contributed by atoms with van der Waals surface area (Å²) in [6, 6.07) is 10.5. The Bertz CT molecular complexity index is 489. The van der Waals surface area contributed by atoms with Crippen LogP contribution in [0.15, 0.2) is 36.5 Å². The molecule has 0 aliphatic rings. The first-order valence-electron chi connectivity index (χ1n) is 6.54. The largest absolute Gasteiger partial charge is 0.493 e. The van der Waals surface area contributed by atoms with Crippen molar-refractivity contribution >= 4 is 15.9 Å². The lowest BCUT2D eigenvalue weighted by atomic mass is 10.1. The standard InChI is InChI=1S/C15H19BrN2O/c1-3-18-14(15(19-2)11-17-18)10-9-13(16)12-7-5-4-6-8-12/h4-8,11,13H,3,9-10H2,1-2H3. The van der Waals surface area contributed by atoms with Crippen LogP contribution in [0.25, 0.3) is 0 Å². The predicted molar refractivity (Wildman–Crippen MR) is 80.9 cm³/mol. The number of aromatic nitrogens is 2. The molecule has 1 aromatic carbocycles. The van der Waals surface area contributed by atoms with Gasteiger partial charge in [0.15, 0.2) is 5.75 Å².